The van der Waals surface area contributed by atoms with Crippen LogP contribution in [0.15, 0.2) is 21.7 Å². The molecule has 112 valence electrons. The molecule has 0 aromatic carbocycles. The minimum Gasteiger partial charge on any atom is -0.368 e. The Hall–Kier alpha value is -0.960. The number of carbonyl (C=O) groups excluding carboxylic acids is 1. The zero-order valence-electron chi connectivity index (χ0n) is 11.3. The first-order valence-corrected chi connectivity index (χ1v) is 8.85. The lowest BCUT2D eigenvalue weighted by molar-refractivity contribution is -0.123. The van der Waals surface area contributed by atoms with Crippen LogP contribution >= 0.6 is 11.3 Å². The van der Waals surface area contributed by atoms with Gasteiger partial charge in [-0.15, -0.1) is 11.3 Å². The molecular formula is C12H19N3O3S2. The van der Waals surface area contributed by atoms with Crippen LogP contribution in [-0.2, 0) is 14.8 Å². The van der Waals surface area contributed by atoms with Gasteiger partial charge in [0.1, 0.15) is 4.21 Å². The zero-order chi connectivity index (χ0) is 14.8. The molecule has 2 rings (SSSR count). The van der Waals surface area contributed by atoms with Gasteiger partial charge in [-0.05, 0) is 31.2 Å². The van der Waals surface area contributed by atoms with Gasteiger partial charge in [0.05, 0.1) is 6.04 Å². The molecular weight excluding hydrogens is 298 g/mol. The highest BCUT2D eigenvalue weighted by molar-refractivity contribution is 7.91. The number of primary amides is 1. The lowest BCUT2D eigenvalue weighted by Crippen LogP contribution is -2.50. The number of carbonyl (C=O) groups is 1. The molecule has 0 saturated carbocycles. The number of sulfonamides is 1. The van der Waals surface area contributed by atoms with E-state index >= 15 is 0 Å². The van der Waals surface area contributed by atoms with Crippen LogP contribution in [0, 0.1) is 0 Å². The molecule has 2 heterocycles. The van der Waals surface area contributed by atoms with Crippen LogP contribution in [0.1, 0.15) is 19.8 Å². The van der Waals surface area contributed by atoms with Crippen molar-refractivity contribution in [3.63, 3.8) is 0 Å². The molecule has 1 aromatic rings. The predicted molar refractivity (Wildman–Crippen MR) is 77.9 cm³/mol. The highest BCUT2D eigenvalue weighted by Crippen LogP contribution is 2.19. The average Bonchev–Trinajstić information content (AvgIpc) is 2.93. The van der Waals surface area contributed by atoms with Gasteiger partial charge in [0.15, 0.2) is 0 Å². The normalized spacial score (nSPS) is 19.9. The van der Waals surface area contributed by atoms with Crippen molar-refractivity contribution in [3.8, 4) is 0 Å². The Labute approximate surface area is 123 Å². The van der Waals surface area contributed by atoms with E-state index < -0.39 is 10.0 Å². The molecule has 1 fully saturated rings. The Morgan fingerprint density at radius 3 is 2.65 bits per heavy atom. The number of nitrogens with zero attached hydrogens (tertiary/aromatic N) is 1. The van der Waals surface area contributed by atoms with E-state index in [1.165, 1.54) is 11.3 Å². The van der Waals surface area contributed by atoms with E-state index in [9.17, 15) is 13.2 Å². The summed E-state index contributed by atoms with van der Waals surface area (Å²) in [5.74, 6) is -0.345. The Balaban J connectivity index is 1.91. The van der Waals surface area contributed by atoms with E-state index in [2.05, 4.69) is 4.72 Å². The second-order valence-corrected chi connectivity index (χ2v) is 7.83. The highest BCUT2D eigenvalue weighted by atomic mass is 32.2. The van der Waals surface area contributed by atoms with Crippen molar-refractivity contribution in [1.29, 1.82) is 0 Å². The maximum Gasteiger partial charge on any atom is 0.250 e. The Morgan fingerprint density at radius 2 is 2.15 bits per heavy atom. The number of hydrogen-bond acceptors (Lipinski definition) is 5. The molecule has 3 N–H and O–H groups in total. The first kappa shape index (κ1) is 15.4. The van der Waals surface area contributed by atoms with Gasteiger partial charge in [0, 0.05) is 19.1 Å². The Kier molecular flexibility index (Phi) is 4.79. The minimum atomic E-state index is -3.41. The van der Waals surface area contributed by atoms with Crippen molar-refractivity contribution in [2.45, 2.75) is 36.1 Å². The van der Waals surface area contributed by atoms with Gasteiger partial charge < -0.3 is 5.73 Å². The smallest absolute Gasteiger partial charge is 0.250 e. The fourth-order valence-electron chi connectivity index (χ4n) is 2.28. The van der Waals surface area contributed by atoms with E-state index in [-0.39, 0.29) is 18.0 Å². The molecule has 8 heteroatoms. The van der Waals surface area contributed by atoms with Crippen molar-refractivity contribution in [2.75, 3.05) is 13.1 Å². The molecule has 1 saturated heterocycles. The zero-order valence-corrected chi connectivity index (χ0v) is 12.9. The van der Waals surface area contributed by atoms with E-state index in [4.69, 9.17) is 5.73 Å². The third-order valence-corrected chi connectivity index (χ3v) is 6.49. The van der Waals surface area contributed by atoms with Crippen molar-refractivity contribution < 1.29 is 13.2 Å². The number of nitrogens with two attached hydrogens (primary N) is 1. The Morgan fingerprint density at radius 1 is 1.50 bits per heavy atom. The summed E-state index contributed by atoms with van der Waals surface area (Å²) in [6, 6.07) is 2.93. The topological polar surface area (TPSA) is 92.5 Å². The van der Waals surface area contributed by atoms with Crippen LogP contribution < -0.4 is 10.5 Å². The van der Waals surface area contributed by atoms with Gasteiger partial charge in [0.25, 0.3) is 0 Å². The summed E-state index contributed by atoms with van der Waals surface area (Å²) in [7, 11) is -3.41. The molecule has 1 unspecified atom stereocenters. The molecule has 20 heavy (non-hydrogen) atoms. The van der Waals surface area contributed by atoms with Crippen LogP contribution in [0.4, 0.5) is 0 Å². The van der Waals surface area contributed by atoms with E-state index in [1.54, 1.807) is 24.4 Å². The van der Waals surface area contributed by atoms with Gasteiger partial charge >= 0.3 is 0 Å². The number of amides is 1. The number of nitrogens with one attached hydrogen (secondary N) is 1. The molecule has 0 aliphatic carbocycles. The summed E-state index contributed by atoms with van der Waals surface area (Å²) >= 11 is 1.21. The predicted octanol–water partition coefficient (Wildman–Crippen LogP) is 0.365. The van der Waals surface area contributed by atoms with E-state index in [0.29, 0.717) is 30.1 Å². The van der Waals surface area contributed by atoms with Gasteiger partial charge in [-0.3, -0.25) is 9.69 Å². The van der Waals surface area contributed by atoms with Gasteiger partial charge in [-0.25, -0.2) is 13.1 Å². The Bertz CT molecular complexity index is 549. The minimum absolute atomic E-state index is 0.0848. The number of hydrogen-bond donors (Lipinski definition) is 2. The van der Waals surface area contributed by atoms with Crippen LogP contribution in [-0.4, -0.2) is 44.4 Å². The largest absolute Gasteiger partial charge is 0.368 e. The summed E-state index contributed by atoms with van der Waals surface area (Å²) < 4.78 is 27.3. The molecule has 0 radical (unpaired) electrons. The summed E-state index contributed by atoms with van der Waals surface area (Å²) in [5.41, 5.74) is 5.28. The fourth-order valence-corrected chi connectivity index (χ4v) is 4.59. The maximum atomic E-state index is 12.1. The fraction of sp³-hybridized carbons (Fsp3) is 0.583. The SMILES string of the molecule is CC(C(N)=O)N1CCC(NS(=O)(=O)c2cccs2)CC1. The van der Waals surface area contributed by atoms with Crippen LogP contribution in [0.2, 0.25) is 0 Å². The van der Waals surface area contributed by atoms with Crippen molar-refractivity contribution in [3.05, 3.63) is 17.5 Å². The van der Waals surface area contributed by atoms with Crippen LogP contribution in [0.5, 0.6) is 0 Å². The highest BCUT2D eigenvalue weighted by Gasteiger charge is 2.28. The average molecular weight is 317 g/mol. The third-order valence-electron chi connectivity index (χ3n) is 3.57. The summed E-state index contributed by atoms with van der Waals surface area (Å²) in [4.78, 5) is 13.1. The molecule has 6 nitrogen and oxygen atoms in total. The summed E-state index contributed by atoms with van der Waals surface area (Å²) in [6.45, 7) is 3.11. The first-order valence-electron chi connectivity index (χ1n) is 6.49. The molecule has 1 atom stereocenters. The second-order valence-electron chi connectivity index (χ2n) is 4.94. The molecule has 1 aliphatic heterocycles. The number of piperidine rings is 1. The van der Waals surface area contributed by atoms with Crippen molar-refractivity contribution in [2.24, 2.45) is 5.73 Å². The first-order chi connectivity index (χ1) is 9.40. The van der Waals surface area contributed by atoms with Gasteiger partial charge in [-0.1, -0.05) is 6.07 Å². The summed E-state index contributed by atoms with van der Waals surface area (Å²) in [5, 5.41) is 1.74. The van der Waals surface area contributed by atoms with E-state index in [1.807, 2.05) is 4.90 Å². The number of likely N-dealkylation sites (tertiary alicyclic amines) is 1. The number of thiophene rings is 1. The van der Waals surface area contributed by atoms with Crippen molar-refractivity contribution in [1.82, 2.24) is 9.62 Å². The van der Waals surface area contributed by atoms with Crippen LogP contribution in [0.25, 0.3) is 0 Å². The number of rotatable bonds is 5. The van der Waals surface area contributed by atoms with E-state index in [0.717, 1.165) is 0 Å². The van der Waals surface area contributed by atoms with Crippen molar-refractivity contribution >= 4 is 27.3 Å². The molecule has 0 spiro atoms. The standard InChI is InChI=1S/C12H19N3O3S2/c1-9(12(13)16)15-6-4-10(5-7-15)14-20(17,18)11-3-2-8-19-11/h2-3,8-10,14H,4-7H2,1H3,(H2,13,16). The molecule has 1 aromatic heterocycles. The maximum absolute atomic E-state index is 12.1. The lowest BCUT2D eigenvalue weighted by atomic mass is 10.0. The summed E-state index contributed by atoms with van der Waals surface area (Å²) in [6.07, 6.45) is 1.37. The lowest BCUT2D eigenvalue weighted by Gasteiger charge is -2.34. The second kappa shape index (κ2) is 6.21. The molecule has 1 amide bonds. The van der Waals surface area contributed by atoms with Gasteiger partial charge in [0.2, 0.25) is 15.9 Å². The monoisotopic (exact) mass is 317 g/mol. The molecule has 0 bridgehead atoms. The quantitative estimate of drug-likeness (QED) is 0.820. The van der Waals surface area contributed by atoms with Gasteiger partial charge in [-0.2, -0.15) is 0 Å². The third kappa shape index (κ3) is 3.57. The molecule has 1 aliphatic rings. The van der Waals surface area contributed by atoms with Crippen LogP contribution in [0.3, 0.4) is 0 Å².